The van der Waals surface area contributed by atoms with Gasteiger partial charge in [0.05, 0.1) is 31.5 Å². The molecule has 8 N–H and O–H groups in total. The average molecular weight is 753 g/mol. The first-order chi connectivity index (χ1) is 24.7. The summed E-state index contributed by atoms with van der Waals surface area (Å²) in [6.07, 6.45) is -3.26. The molecular weight excluding hydrogens is 684 g/mol. The molecular formula is C41H68O12. The third-order valence-corrected chi connectivity index (χ3v) is 15.5. The Labute approximate surface area is 315 Å². The van der Waals surface area contributed by atoms with Gasteiger partial charge in [0.25, 0.3) is 0 Å². The molecule has 0 aromatic heterocycles. The molecule has 2 aliphatic heterocycles. The first-order valence-corrected chi connectivity index (χ1v) is 20.0. The SMILES string of the molecule is CC(C)=CCC[C@@H](C)[C@H]1[C@@H](O[C@H]2O[C@@H](CO)[C@H](O)[C@@H](O)[C@H]2O)C[C@@]2(C)[C@@H]3[C@@H](O)C=C4[C@H](CC[C@H](O[C@@H]5OC[C@H](O)[C@H](O)[C@@H]5O)C4(C)C)[C@]3(C)CC[C@]12C. The Balaban J connectivity index is 1.32. The number of ether oxygens (including phenoxy) is 4. The van der Waals surface area contributed by atoms with Gasteiger partial charge in [0, 0.05) is 11.3 Å². The van der Waals surface area contributed by atoms with Gasteiger partial charge in [0.2, 0.25) is 0 Å². The van der Waals surface area contributed by atoms with E-state index in [0.717, 1.165) is 37.7 Å². The molecule has 2 saturated heterocycles. The van der Waals surface area contributed by atoms with Crippen molar-refractivity contribution in [3.05, 3.63) is 23.3 Å². The summed E-state index contributed by atoms with van der Waals surface area (Å²) >= 11 is 0. The van der Waals surface area contributed by atoms with Crippen molar-refractivity contribution in [1.29, 1.82) is 0 Å². The minimum Gasteiger partial charge on any atom is -0.394 e. The highest BCUT2D eigenvalue weighted by atomic mass is 16.7. The summed E-state index contributed by atoms with van der Waals surface area (Å²) in [6, 6.07) is 0. The Morgan fingerprint density at radius 1 is 0.868 bits per heavy atom. The summed E-state index contributed by atoms with van der Waals surface area (Å²) in [4.78, 5) is 0. The van der Waals surface area contributed by atoms with Crippen LogP contribution in [0.15, 0.2) is 23.3 Å². The van der Waals surface area contributed by atoms with Crippen LogP contribution < -0.4 is 0 Å². The lowest BCUT2D eigenvalue weighted by atomic mass is 9.38. The third-order valence-electron chi connectivity index (χ3n) is 15.5. The maximum atomic E-state index is 12.4. The van der Waals surface area contributed by atoms with E-state index in [2.05, 4.69) is 67.5 Å². The molecule has 5 fully saturated rings. The topological polar surface area (TPSA) is 199 Å². The molecule has 6 aliphatic rings. The van der Waals surface area contributed by atoms with E-state index in [1.54, 1.807) is 0 Å². The fourth-order valence-corrected chi connectivity index (χ4v) is 12.4. The normalized spacial score (nSPS) is 51.4. The van der Waals surface area contributed by atoms with Gasteiger partial charge < -0.3 is 59.8 Å². The molecule has 12 heteroatoms. The van der Waals surface area contributed by atoms with Crippen LogP contribution in [0.1, 0.15) is 100 Å². The fraction of sp³-hybridized carbons (Fsp3) is 0.902. The van der Waals surface area contributed by atoms with Crippen molar-refractivity contribution in [3.8, 4) is 0 Å². The van der Waals surface area contributed by atoms with Crippen molar-refractivity contribution >= 4 is 0 Å². The van der Waals surface area contributed by atoms with E-state index in [9.17, 15) is 40.9 Å². The minimum absolute atomic E-state index is 0.0314. The lowest BCUT2D eigenvalue weighted by Crippen LogP contribution is -2.63. The number of aliphatic hydroxyl groups is 8. The van der Waals surface area contributed by atoms with Gasteiger partial charge >= 0.3 is 0 Å². The van der Waals surface area contributed by atoms with Crippen LogP contribution in [0.3, 0.4) is 0 Å². The molecule has 0 unspecified atom stereocenters. The standard InChI is InChI=1S/C41H68O12/c1-20(2)10-9-11-21(3)29-26(51-37-34(49)32(47)31(46)27(18-42)52-37)17-41(8)35-24(43)16-23-22(39(35,6)14-15-40(29,41)7)12-13-28(38(23,4)5)53-36-33(48)30(45)25(44)19-50-36/h10,16,21-22,24-37,42-49H,9,11-15,17-19H2,1-8H3/t21-,22+,24+,25+,26+,27+,28+,29+,30+,31+,32-,33+,34-,35-,36+,37+,39+,40-,41+/m1/s1. The second-order valence-corrected chi connectivity index (χ2v) is 19.1. The van der Waals surface area contributed by atoms with Gasteiger partial charge in [-0.2, -0.15) is 0 Å². The summed E-state index contributed by atoms with van der Waals surface area (Å²) < 4.78 is 24.7. The Bertz CT molecular complexity index is 1360. The van der Waals surface area contributed by atoms with Crippen LogP contribution in [-0.2, 0) is 18.9 Å². The van der Waals surface area contributed by atoms with Crippen LogP contribution in [0.2, 0.25) is 0 Å². The molecule has 12 nitrogen and oxygen atoms in total. The van der Waals surface area contributed by atoms with Gasteiger partial charge in [0.1, 0.15) is 42.7 Å². The second kappa shape index (κ2) is 15.1. The van der Waals surface area contributed by atoms with E-state index in [1.807, 2.05) is 0 Å². The van der Waals surface area contributed by atoms with Gasteiger partial charge in [-0.15, -0.1) is 0 Å². The van der Waals surface area contributed by atoms with Crippen molar-refractivity contribution in [2.24, 2.45) is 45.3 Å². The smallest absolute Gasteiger partial charge is 0.186 e. The van der Waals surface area contributed by atoms with Crippen LogP contribution in [0.25, 0.3) is 0 Å². The van der Waals surface area contributed by atoms with Crippen LogP contribution in [-0.4, -0.2) is 128 Å². The van der Waals surface area contributed by atoms with Crippen LogP contribution in [0, 0.1) is 45.3 Å². The van der Waals surface area contributed by atoms with Crippen molar-refractivity contribution in [2.45, 2.75) is 174 Å². The summed E-state index contributed by atoms with van der Waals surface area (Å²) in [7, 11) is 0. The molecule has 0 amide bonds. The number of aliphatic hydroxyl groups excluding tert-OH is 8. The Kier molecular flexibility index (Phi) is 11.8. The number of allylic oxidation sites excluding steroid dienone is 2. The molecule has 4 aliphatic carbocycles. The summed E-state index contributed by atoms with van der Waals surface area (Å²) in [5.74, 6) is 0.290. The van der Waals surface area contributed by atoms with E-state index < -0.39 is 78.8 Å². The zero-order valence-electron chi connectivity index (χ0n) is 33.0. The molecule has 53 heavy (non-hydrogen) atoms. The Morgan fingerprint density at radius 2 is 1.55 bits per heavy atom. The maximum absolute atomic E-state index is 12.4. The summed E-state index contributed by atoms with van der Waals surface area (Å²) in [5, 5.41) is 85.5. The predicted molar refractivity (Wildman–Crippen MR) is 195 cm³/mol. The molecule has 0 bridgehead atoms. The molecule has 3 saturated carbocycles. The van der Waals surface area contributed by atoms with E-state index in [-0.39, 0.29) is 53.3 Å². The van der Waals surface area contributed by atoms with Gasteiger partial charge in [-0.1, -0.05) is 64.8 Å². The lowest BCUT2D eigenvalue weighted by Gasteiger charge is -2.67. The van der Waals surface area contributed by atoms with Crippen molar-refractivity contribution < 1.29 is 59.8 Å². The van der Waals surface area contributed by atoms with Crippen molar-refractivity contribution in [3.63, 3.8) is 0 Å². The number of rotatable bonds is 9. The van der Waals surface area contributed by atoms with Crippen LogP contribution in [0.5, 0.6) is 0 Å². The summed E-state index contributed by atoms with van der Waals surface area (Å²) in [5.41, 5.74) is 0.950. The molecule has 0 aromatic carbocycles. The molecule has 2 heterocycles. The third kappa shape index (κ3) is 6.82. The summed E-state index contributed by atoms with van der Waals surface area (Å²) in [6.45, 7) is 17.0. The first kappa shape index (κ1) is 41.6. The largest absolute Gasteiger partial charge is 0.394 e. The zero-order chi connectivity index (χ0) is 39.0. The highest BCUT2D eigenvalue weighted by Gasteiger charge is 2.72. The highest BCUT2D eigenvalue weighted by Crippen LogP contribution is 2.75. The van der Waals surface area contributed by atoms with E-state index in [0.29, 0.717) is 12.8 Å². The van der Waals surface area contributed by atoms with Gasteiger partial charge in [-0.3, -0.25) is 0 Å². The monoisotopic (exact) mass is 752 g/mol. The fourth-order valence-electron chi connectivity index (χ4n) is 12.4. The number of fused-ring (bicyclic) bond motifs is 5. The van der Waals surface area contributed by atoms with E-state index in [1.165, 1.54) is 5.57 Å². The lowest BCUT2D eigenvalue weighted by molar-refractivity contribution is -0.315. The molecule has 304 valence electrons. The molecule has 6 rings (SSSR count). The van der Waals surface area contributed by atoms with Gasteiger partial charge in [-0.05, 0) is 92.8 Å². The second-order valence-electron chi connectivity index (χ2n) is 19.1. The van der Waals surface area contributed by atoms with E-state index in [4.69, 9.17) is 18.9 Å². The molecule has 0 aromatic rings. The predicted octanol–water partition coefficient (Wildman–Crippen LogP) is 2.56. The molecule has 19 atom stereocenters. The van der Waals surface area contributed by atoms with Crippen LogP contribution >= 0.6 is 0 Å². The van der Waals surface area contributed by atoms with E-state index >= 15 is 0 Å². The number of hydrogen-bond acceptors (Lipinski definition) is 12. The first-order valence-electron chi connectivity index (χ1n) is 20.0. The zero-order valence-corrected chi connectivity index (χ0v) is 33.0. The molecule has 0 radical (unpaired) electrons. The maximum Gasteiger partial charge on any atom is 0.186 e. The van der Waals surface area contributed by atoms with Crippen LogP contribution in [0.4, 0.5) is 0 Å². The highest BCUT2D eigenvalue weighted by molar-refractivity contribution is 5.33. The Morgan fingerprint density at radius 3 is 2.21 bits per heavy atom. The minimum atomic E-state index is -1.53. The van der Waals surface area contributed by atoms with Gasteiger partial charge in [-0.25, -0.2) is 0 Å². The van der Waals surface area contributed by atoms with Crippen molar-refractivity contribution in [2.75, 3.05) is 13.2 Å². The average Bonchev–Trinajstić information content (AvgIpc) is 3.31. The number of hydrogen-bond donors (Lipinski definition) is 8. The quantitative estimate of drug-likeness (QED) is 0.161. The molecule has 0 spiro atoms. The van der Waals surface area contributed by atoms with Crippen molar-refractivity contribution in [1.82, 2.24) is 0 Å². The van der Waals surface area contributed by atoms with Gasteiger partial charge in [0.15, 0.2) is 12.6 Å². The Hall–Kier alpha value is -1.00.